The number of hydrogen-bond donors (Lipinski definition) is 0. The zero-order chi connectivity index (χ0) is 18.0. The summed E-state index contributed by atoms with van der Waals surface area (Å²) >= 11 is 0. The smallest absolute Gasteiger partial charge is 0.306 e. The Labute approximate surface area is 153 Å². The third-order valence-electron chi connectivity index (χ3n) is 3.92. The van der Waals surface area contributed by atoms with Crippen molar-refractivity contribution in [2.24, 2.45) is 0 Å². The van der Waals surface area contributed by atoms with E-state index in [2.05, 4.69) is 30.6 Å². The summed E-state index contributed by atoms with van der Waals surface area (Å²) in [4.78, 5) is 11.6. The third-order valence-corrected chi connectivity index (χ3v) is 3.92. The average Bonchev–Trinajstić information content (AvgIpc) is 2.64. The molecule has 1 aromatic carbocycles. The monoisotopic (exact) mass is 338 g/mol. The van der Waals surface area contributed by atoms with E-state index in [4.69, 9.17) is 4.74 Å². The minimum atomic E-state index is -0.159. The van der Waals surface area contributed by atoms with Crippen molar-refractivity contribution in [2.45, 2.75) is 71.1 Å². The highest BCUT2D eigenvalue weighted by molar-refractivity contribution is 5.69. The van der Waals surface area contributed by atoms with Crippen LogP contribution in [0, 0.1) is 23.7 Å². The Hall–Kier alpha value is -2.19. The van der Waals surface area contributed by atoms with E-state index in [-0.39, 0.29) is 12.6 Å². The van der Waals surface area contributed by atoms with Crippen molar-refractivity contribution in [3.8, 4) is 23.7 Å². The first-order valence-electron chi connectivity index (χ1n) is 9.52. The zero-order valence-corrected chi connectivity index (χ0v) is 15.5. The molecule has 0 fully saturated rings. The van der Waals surface area contributed by atoms with Crippen LogP contribution in [0.3, 0.4) is 0 Å². The van der Waals surface area contributed by atoms with Gasteiger partial charge in [-0.15, -0.1) is 0 Å². The van der Waals surface area contributed by atoms with Crippen molar-refractivity contribution in [3.63, 3.8) is 0 Å². The topological polar surface area (TPSA) is 26.3 Å². The summed E-state index contributed by atoms with van der Waals surface area (Å²) < 4.78 is 5.09. The van der Waals surface area contributed by atoms with Crippen LogP contribution in [0.5, 0.6) is 0 Å². The standard InChI is InChI=1S/C23H30O2/c1-2-3-4-5-6-7-8-9-15-20-23(24)25-21-16-11-14-19-22-17-12-10-13-18-22/h10,12-13,17-18H,2-9,15,20-21H2,1H3. The molecule has 1 aromatic rings. The van der Waals surface area contributed by atoms with Gasteiger partial charge in [0.15, 0.2) is 6.61 Å². The molecule has 2 heteroatoms. The van der Waals surface area contributed by atoms with Crippen LogP contribution < -0.4 is 0 Å². The number of hydrogen-bond acceptors (Lipinski definition) is 2. The van der Waals surface area contributed by atoms with Gasteiger partial charge in [0.25, 0.3) is 0 Å². The third kappa shape index (κ3) is 12.8. The predicted octanol–water partition coefficient (Wildman–Crippen LogP) is 5.51. The first kappa shape index (κ1) is 20.9. The molecule has 0 atom stereocenters. The fourth-order valence-electron chi connectivity index (χ4n) is 2.47. The molecule has 0 aliphatic rings. The molecule has 0 aliphatic carbocycles. The number of unbranched alkanes of at least 4 members (excludes halogenated alkanes) is 8. The largest absolute Gasteiger partial charge is 0.452 e. The van der Waals surface area contributed by atoms with Gasteiger partial charge in [-0.05, 0) is 36.3 Å². The number of ether oxygens (including phenoxy) is 1. The molecule has 0 saturated heterocycles. The highest BCUT2D eigenvalue weighted by atomic mass is 16.5. The van der Waals surface area contributed by atoms with Gasteiger partial charge >= 0.3 is 5.97 Å². The zero-order valence-electron chi connectivity index (χ0n) is 15.5. The number of carbonyl (C=O) groups excluding carboxylic acids is 1. The van der Waals surface area contributed by atoms with Crippen LogP contribution in [-0.4, -0.2) is 12.6 Å². The fraction of sp³-hybridized carbons (Fsp3) is 0.522. The lowest BCUT2D eigenvalue weighted by atomic mass is 10.1. The highest BCUT2D eigenvalue weighted by Crippen LogP contribution is 2.10. The van der Waals surface area contributed by atoms with Crippen molar-refractivity contribution in [3.05, 3.63) is 35.9 Å². The maximum atomic E-state index is 11.6. The van der Waals surface area contributed by atoms with Gasteiger partial charge in [0.05, 0.1) is 0 Å². The van der Waals surface area contributed by atoms with Crippen LogP contribution in [0.4, 0.5) is 0 Å². The van der Waals surface area contributed by atoms with Crippen LogP contribution in [0.2, 0.25) is 0 Å². The number of carbonyl (C=O) groups is 1. The van der Waals surface area contributed by atoms with Crippen LogP contribution in [0.15, 0.2) is 30.3 Å². The van der Waals surface area contributed by atoms with Crippen molar-refractivity contribution >= 4 is 5.97 Å². The lowest BCUT2D eigenvalue weighted by Crippen LogP contribution is -2.04. The van der Waals surface area contributed by atoms with Crippen LogP contribution in [-0.2, 0) is 9.53 Å². The van der Waals surface area contributed by atoms with Crippen LogP contribution in [0.25, 0.3) is 0 Å². The maximum Gasteiger partial charge on any atom is 0.306 e. The van der Waals surface area contributed by atoms with Crippen LogP contribution in [0.1, 0.15) is 76.7 Å². The summed E-state index contributed by atoms with van der Waals surface area (Å²) in [6.07, 6.45) is 11.7. The maximum absolute atomic E-state index is 11.6. The van der Waals surface area contributed by atoms with E-state index in [0.29, 0.717) is 6.42 Å². The summed E-state index contributed by atoms with van der Waals surface area (Å²) in [5.74, 6) is 11.0. The Morgan fingerprint density at radius 1 is 0.880 bits per heavy atom. The molecule has 0 bridgehead atoms. The molecular weight excluding hydrogens is 308 g/mol. The first-order chi connectivity index (χ1) is 12.3. The summed E-state index contributed by atoms with van der Waals surface area (Å²) in [5, 5.41) is 0. The van der Waals surface area contributed by atoms with Gasteiger partial charge in [-0.3, -0.25) is 4.79 Å². The predicted molar refractivity (Wildman–Crippen MR) is 104 cm³/mol. The van der Waals surface area contributed by atoms with Crippen molar-refractivity contribution < 1.29 is 9.53 Å². The Balaban J connectivity index is 1.98. The molecular formula is C23H30O2. The Bertz CT molecular complexity index is 581. The van der Waals surface area contributed by atoms with Gasteiger partial charge in [0.2, 0.25) is 0 Å². The van der Waals surface area contributed by atoms with E-state index in [1.165, 1.54) is 44.9 Å². The Kier molecular flexibility index (Phi) is 12.8. The van der Waals surface area contributed by atoms with E-state index in [1.807, 2.05) is 30.3 Å². The summed E-state index contributed by atoms with van der Waals surface area (Å²) in [7, 11) is 0. The molecule has 1 rings (SSSR count). The van der Waals surface area contributed by atoms with Crippen molar-refractivity contribution in [1.29, 1.82) is 0 Å². The minimum Gasteiger partial charge on any atom is -0.452 e. The Morgan fingerprint density at radius 3 is 2.20 bits per heavy atom. The normalized spacial score (nSPS) is 9.48. The summed E-state index contributed by atoms with van der Waals surface area (Å²) in [6, 6.07) is 9.68. The van der Waals surface area contributed by atoms with Gasteiger partial charge in [-0.1, -0.05) is 82.4 Å². The molecule has 2 nitrogen and oxygen atoms in total. The molecule has 0 heterocycles. The number of rotatable bonds is 11. The first-order valence-corrected chi connectivity index (χ1v) is 9.52. The molecule has 0 aliphatic heterocycles. The molecule has 0 amide bonds. The fourth-order valence-corrected chi connectivity index (χ4v) is 2.47. The molecule has 0 N–H and O–H groups in total. The highest BCUT2D eigenvalue weighted by Gasteiger charge is 2.01. The lowest BCUT2D eigenvalue weighted by molar-refractivity contribution is -0.142. The second kappa shape index (κ2) is 15.3. The van der Waals surface area contributed by atoms with Gasteiger partial charge in [-0.2, -0.15) is 0 Å². The Morgan fingerprint density at radius 2 is 1.52 bits per heavy atom. The number of esters is 1. The van der Waals surface area contributed by atoms with E-state index in [1.54, 1.807) is 0 Å². The second-order valence-corrected chi connectivity index (χ2v) is 6.16. The second-order valence-electron chi connectivity index (χ2n) is 6.16. The van der Waals surface area contributed by atoms with Crippen molar-refractivity contribution in [2.75, 3.05) is 6.61 Å². The molecule has 134 valence electrons. The minimum absolute atomic E-state index is 0.125. The molecule has 0 radical (unpaired) electrons. The van der Waals surface area contributed by atoms with Gasteiger partial charge in [0, 0.05) is 12.0 Å². The summed E-state index contributed by atoms with van der Waals surface area (Å²) in [5.41, 5.74) is 0.930. The van der Waals surface area contributed by atoms with E-state index >= 15 is 0 Å². The summed E-state index contributed by atoms with van der Waals surface area (Å²) in [6.45, 7) is 2.36. The molecule has 0 saturated carbocycles. The average molecular weight is 338 g/mol. The number of benzene rings is 1. The van der Waals surface area contributed by atoms with E-state index in [9.17, 15) is 4.79 Å². The molecule has 25 heavy (non-hydrogen) atoms. The van der Waals surface area contributed by atoms with E-state index in [0.717, 1.165) is 18.4 Å². The molecule has 0 aromatic heterocycles. The van der Waals surface area contributed by atoms with Gasteiger partial charge in [-0.25, -0.2) is 0 Å². The van der Waals surface area contributed by atoms with Crippen molar-refractivity contribution in [1.82, 2.24) is 0 Å². The van der Waals surface area contributed by atoms with Gasteiger partial charge in [0.1, 0.15) is 0 Å². The van der Waals surface area contributed by atoms with E-state index < -0.39 is 0 Å². The quantitative estimate of drug-likeness (QED) is 0.302. The van der Waals surface area contributed by atoms with Crippen LogP contribution >= 0.6 is 0 Å². The molecule has 0 spiro atoms. The molecule has 0 unspecified atom stereocenters. The SMILES string of the molecule is CCCCCCCCCCCC(=O)OCC#CC#Cc1ccccc1. The lowest BCUT2D eigenvalue weighted by Gasteiger charge is -2.02. The van der Waals surface area contributed by atoms with Gasteiger partial charge < -0.3 is 4.74 Å².